The molecule has 0 heterocycles. The minimum atomic E-state index is 0.199. The molecule has 0 amide bonds. The van der Waals surface area contributed by atoms with Gasteiger partial charge >= 0.3 is 0 Å². The van der Waals surface area contributed by atoms with E-state index in [-0.39, 0.29) is 11.5 Å². The maximum absolute atomic E-state index is 12.1. The molecule has 4 aromatic rings. The monoisotopic (exact) mass is 429 g/mol. The Hall–Kier alpha value is -4.19. The van der Waals surface area contributed by atoms with Gasteiger partial charge in [-0.2, -0.15) is 0 Å². The van der Waals surface area contributed by atoms with E-state index >= 15 is 0 Å². The number of nitrogens with one attached hydrogen (secondary N) is 3. The third kappa shape index (κ3) is 5.92. The lowest BCUT2D eigenvalue weighted by molar-refractivity contribution is -0.00621. The summed E-state index contributed by atoms with van der Waals surface area (Å²) in [6, 6.07) is 30.1. The van der Waals surface area contributed by atoms with Gasteiger partial charge in [0, 0.05) is 40.4 Å². The van der Waals surface area contributed by atoms with E-state index < -0.39 is 0 Å². The van der Waals surface area contributed by atoms with E-state index in [9.17, 15) is 9.63 Å². The zero-order valence-corrected chi connectivity index (χ0v) is 17.4. The van der Waals surface area contributed by atoms with Gasteiger partial charge < -0.3 is 21.1 Å². The van der Waals surface area contributed by atoms with Crippen molar-refractivity contribution in [1.29, 1.82) is 0 Å². The quantitative estimate of drug-likeness (QED) is 0.241. The molecule has 0 atom stereocenters. The number of hydrogen-bond donors (Lipinski definition) is 4. The normalized spacial score (nSPS) is 10.4. The molecule has 4 rings (SSSR count). The molecule has 0 aliphatic rings. The van der Waals surface area contributed by atoms with Gasteiger partial charge in [0.25, 0.3) is 0 Å². The molecule has 0 unspecified atom stereocenters. The smallest absolute Gasteiger partial charge is 0.171 e. The van der Waals surface area contributed by atoms with Crippen LogP contribution in [0.4, 0.5) is 27.3 Å². The van der Waals surface area contributed by atoms with Crippen molar-refractivity contribution < 1.29 is 14.6 Å². The molecule has 32 heavy (non-hydrogen) atoms. The Labute approximate surface area is 186 Å². The van der Waals surface area contributed by atoms with Gasteiger partial charge in [0.15, 0.2) is 5.75 Å². The van der Waals surface area contributed by atoms with Crippen molar-refractivity contribution in [3.8, 4) is 11.5 Å². The van der Waals surface area contributed by atoms with Crippen LogP contribution in [0.2, 0.25) is 0 Å². The van der Waals surface area contributed by atoms with Crippen LogP contribution < -0.4 is 20.9 Å². The largest absolute Gasteiger partial charge is 0.508 e. The third-order valence-corrected chi connectivity index (χ3v) is 5.00. The molecule has 0 aliphatic heterocycles. The predicted octanol–water partition coefficient (Wildman–Crippen LogP) is 6.62. The Balaban J connectivity index is 1.26. The molecule has 4 aromatic carbocycles. The van der Waals surface area contributed by atoms with Crippen molar-refractivity contribution in [1.82, 2.24) is 0 Å². The van der Waals surface area contributed by atoms with Crippen molar-refractivity contribution in [2.24, 2.45) is 0 Å². The van der Waals surface area contributed by atoms with Crippen molar-refractivity contribution in [3.05, 3.63) is 108 Å². The fourth-order valence-corrected chi connectivity index (χ4v) is 3.19. The molecule has 0 saturated carbocycles. The van der Waals surface area contributed by atoms with Crippen LogP contribution in [0.3, 0.4) is 0 Å². The summed E-state index contributed by atoms with van der Waals surface area (Å²) in [6.07, 6.45) is 0. The summed E-state index contributed by atoms with van der Waals surface area (Å²) in [5.74, 6) is 0.471. The summed E-state index contributed by atoms with van der Waals surface area (Å²) in [4.78, 5) is 3.70. The second-order valence-corrected chi connectivity index (χ2v) is 7.37. The average molecular weight is 429 g/mol. The minimum absolute atomic E-state index is 0.199. The summed E-state index contributed by atoms with van der Waals surface area (Å²) in [7, 11) is 0. The highest BCUT2D eigenvalue weighted by atomic mass is 19.3. The molecule has 0 saturated heterocycles. The van der Waals surface area contributed by atoms with Gasteiger partial charge in [-0.25, -0.2) is 0 Å². The zero-order valence-electron chi connectivity index (χ0n) is 17.4. The van der Waals surface area contributed by atoms with E-state index in [4.69, 9.17) is 0 Å². The van der Waals surface area contributed by atoms with E-state index in [2.05, 4.69) is 20.9 Å². The second kappa shape index (κ2) is 10.2. The van der Waals surface area contributed by atoms with Gasteiger partial charge in [-0.1, -0.05) is 24.3 Å². The standard InChI is InChI=1S/C26H24FN3O2/c27-32-26-15-3-20(4-16-26)18-29-22-7-11-24(12-8-22)30-23-9-5-21(6-10-23)28-17-19-1-13-25(31)14-2-19/h1-16,28-31H,17-18H2. The highest BCUT2D eigenvalue weighted by Crippen LogP contribution is 2.22. The van der Waals surface area contributed by atoms with Gasteiger partial charge in [-0.05, 0) is 83.9 Å². The molecule has 0 fully saturated rings. The first-order valence-electron chi connectivity index (χ1n) is 10.3. The van der Waals surface area contributed by atoms with Crippen LogP contribution in [-0.2, 0) is 13.1 Å². The first-order valence-corrected chi connectivity index (χ1v) is 10.3. The van der Waals surface area contributed by atoms with Crippen molar-refractivity contribution >= 4 is 22.7 Å². The number of phenolic OH excluding ortho intramolecular Hbond substituents is 1. The highest BCUT2D eigenvalue weighted by molar-refractivity contribution is 5.64. The Kier molecular flexibility index (Phi) is 6.72. The summed E-state index contributed by atoms with van der Waals surface area (Å²) in [5, 5.41) is 19.5. The van der Waals surface area contributed by atoms with Crippen LogP contribution in [0.5, 0.6) is 11.5 Å². The molecule has 6 heteroatoms. The number of halogens is 1. The van der Waals surface area contributed by atoms with Gasteiger partial charge in [-0.3, -0.25) is 4.94 Å². The zero-order chi connectivity index (χ0) is 22.2. The fourth-order valence-electron chi connectivity index (χ4n) is 3.19. The lowest BCUT2D eigenvalue weighted by atomic mass is 10.2. The second-order valence-electron chi connectivity index (χ2n) is 7.37. The van der Waals surface area contributed by atoms with E-state index in [1.165, 1.54) is 0 Å². The molecule has 0 aromatic heterocycles. The molecular weight excluding hydrogens is 405 g/mol. The van der Waals surface area contributed by atoms with Crippen LogP contribution in [0.1, 0.15) is 11.1 Å². The van der Waals surface area contributed by atoms with Gasteiger partial charge in [0.05, 0.1) is 0 Å². The molecule has 0 bridgehead atoms. The predicted molar refractivity (Wildman–Crippen MR) is 127 cm³/mol. The summed E-state index contributed by atoms with van der Waals surface area (Å²) >= 11 is 0. The first kappa shape index (κ1) is 21.1. The Morgan fingerprint density at radius 1 is 0.562 bits per heavy atom. The summed E-state index contributed by atoms with van der Waals surface area (Å²) < 4.78 is 12.1. The molecule has 162 valence electrons. The highest BCUT2D eigenvalue weighted by Gasteiger charge is 2.00. The fraction of sp³-hybridized carbons (Fsp3) is 0.0769. The number of benzene rings is 4. The Morgan fingerprint density at radius 3 is 1.41 bits per heavy atom. The van der Waals surface area contributed by atoms with Gasteiger partial charge in [0.1, 0.15) is 5.75 Å². The van der Waals surface area contributed by atoms with Crippen molar-refractivity contribution in [3.63, 3.8) is 0 Å². The van der Waals surface area contributed by atoms with Crippen LogP contribution in [-0.4, -0.2) is 5.11 Å². The number of aromatic hydroxyl groups is 1. The SMILES string of the molecule is Oc1ccc(CNc2ccc(Nc3ccc(NCc4ccc(OF)cc4)cc3)cc2)cc1. The van der Waals surface area contributed by atoms with E-state index in [1.54, 1.807) is 24.3 Å². The Morgan fingerprint density at radius 2 is 0.969 bits per heavy atom. The first-order chi connectivity index (χ1) is 15.7. The molecule has 5 nitrogen and oxygen atoms in total. The summed E-state index contributed by atoms with van der Waals surface area (Å²) in [6.45, 7) is 1.33. The van der Waals surface area contributed by atoms with Crippen LogP contribution >= 0.6 is 0 Å². The maximum Gasteiger partial charge on any atom is 0.171 e. The van der Waals surface area contributed by atoms with Crippen LogP contribution in [0.15, 0.2) is 97.1 Å². The topological polar surface area (TPSA) is 65.5 Å². The van der Waals surface area contributed by atoms with E-state index in [0.29, 0.717) is 13.1 Å². The third-order valence-electron chi connectivity index (χ3n) is 5.00. The maximum atomic E-state index is 12.1. The number of rotatable bonds is 9. The molecule has 4 N–H and O–H groups in total. The number of hydrogen-bond acceptors (Lipinski definition) is 5. The molecule has 0 spiro atoms. The Bertz CT molecular complexity index is 1110. The summed E-state index contributed by atoms with van der Waals surface area (Å²) in [5.41, 5.74) is 6.14. The van der Waals surface area contributed by atoms with Crippen LogP contribution in [0, 0.1) is 0 Å². The average Bonchev–Trinajstić information content (AvgIpc) is 2.84. The number of phenols is 1. The molecule has 0 radical (unpaired) electrons. The van der Waals surface area contributed by atoms with Gasteiger partial charge in [-0.15, -0.1) is 0 Å². The van der Waals surface area contributed by atoms with E-state index in [1.807, 2.05) is 72.8 Å². The molecular formula is C26H24FN3O2. The van der Waals surface area contributed by atoms with Crippen molar-refractivity contribution in [2.75, 3.05) is 16.0 Å². The lowest BCUT2D eigenvalue weighted by Gasteiger charge is -2.11. The van der Waals surface area contributed by atoms with Crippen LogP contribution in [0.25, 0.3) is 0 Å². The molecule has 0 aliphatic carbocycles. The van der Waals surface area contributed by atoms with Crippen molar-refractivity contribution in [2.45, 2.75) is 13.1 Å². The minimum Gasteiger partial charge on any atom is -0.508 e. The van der Waals surface area contributed by atoms with Gasteiger partial charge in [0.2, 0.25) is 0 Å². The lowest BCUT2D eigenvalue weighted by Crippen LogP contribution is -2.00. The number of anilines is 4. The van der Waals surface area contributed by atoms with E-state index in [0.717, 1.165) is 33.9 Å².